The third kappa shape index (κ3) is 6.51. The van der Waals surface area contributed by atoms with Crippen molar-refractivity contribution >= 4 is 29.3 Å². The summed E-state index contributed by atoms with van der Waals surface area (Å²) in [6.07, 6.45) is 0. The Bertz CT molecular complexity index is 1250. The van der Waals surface area contributed by atoms with E-state index in [0.717, 1.165) is 23.4 Å². The lowest BCUT2D eigenvalue weighted by atomic mass is 10.2. The number of para-hydroxylation sites is 1. The third-order valence-electron chi connectivity index (χ3n) is 5.47. The number of hydrogen-bond donors (Lipinski definition) is 0. The monoisotopic (exact) mass is 505 g/mol. The van der Waals surface area contributed by atoms with Gasteiger partial charge in [0, 0.05) is 30.9 Å². The average molecular weight is 506 g/mol. The molecule has 0 fully saturated rings. The van der Waals surface area contributed by atoms with E-state index in [1.807, 2.05) is 108 Å². The number of likely N-dealkylation sites (N-methyl/N-ethyl adjacent to an activating group) is 1. The number of hydrogen-bond acceptors (Lipinski definition) is 5. The number of aromatic nitrogens is 3. The zero-order valence-corrected chi connectivity index (χ0v) is 21.4. The molecule has 0 aliphatic rings. The van der Waals surface area contributed by atoms with Crippen molar-refractivity contribution in [3.05, 3.63) is 95.5 Å². The highest BCUT2D eigenvalue weighted by Gasteiger charge is 2.21. The molecular weight excluding hydrogens is 478 g/mol. The van der Waals surface area contributed by atoms with Crippen LogP contribution in [0.5, 0.6) is 0 Å². The Morgan fingerprint density at radius 2 is 1.54 bits per heavy atom. The molecule has 0 saturated carbocycles. The first-order chi connectivity index (χ1) is 17.0. The molecule has 0 bridgehead atoms. The van der Waals surface area contributed by atoms with Gasteiger partial charge in [-0.3, -0.25) is 9.36 Å². The van der Waals surface area contributed by atoms with E-state index in [-0.39, 0.29) is 11.7 Å². The molecule has 0 spiro atoms. The number of carbonyl (C=O) groups excluding carboxylic acids is 1. The Morgan fingerprint density at radius 1 is 0.886 bits per heavy atom. The quantitative estimate of drug-likeness (QED) is 0.275. The number of carbonyl (C=O) groups is 1. The summed E-state index contributed by atoms with van der Waals surface area (Å²) in [5, 5.41) is 10.1. The van der Waals surface area contributed by atoms with Crippen LogP contribution in [0.4, 0.5) is 0 Å². The molecule has 180 valence electrons. The van der Waals surface area contributed by atoms with E-state index in [0.29, 0.717) is 29.1 Å². The molecular formula is C27H28ClN5OS. The summed E-state index contributed by atoms with van der Waals surface area (Å²) in [7, 11) is 4.02. The molecule has 0 atom stereocenters. The third-order valence-corrected chi connectivity index (χ3v) is 6.72. The van der Waals surface area contributed by atoms with Crippen molar-refractivity contribution in [2.24, 2.45) is 0 Å². The molecule has 35 heavy (non-hydrogen) atoms. The van der Waals surface area contributed by atoms with Crippen molar-refractivity contribution < 1.29 is 4.79 Å². The summed E-state index contributed by atoms with van der Waals surface area (Å²) < 4.78 is 1.96. The first-order valence-corrected chi connectivity index (χ1v) is 12.7. The number of benzene rings is 3. The fourth-order valence-corrected chi connectivity index (χ4v) is 4.70. The molecule has 0 saturated heterocycles. The minimum absolute atomic E-state index is 0.0580. The molecule has 4 aromatic rings. The summed E-state index contributed by atoms with van der Waals surface area (Å²) in [6.45, 7) is 2.02. The number of thioether (sulfide) groups is 1. The van der Waals surface area contributed by atoms with E-state index in [1.165, 1.54) is 11.8 Å². The van der Waals surface area contributed by atoms with Crippen molar-refractivity contribution in [3.63, 3.8) is 0 Å². The maximum atomic E-state index is 13.3. The maximum Gasteiger partial charge on any atom is 0.233 e. The van der Waals surface area contributed by atoms with E-state index in [1.54, 1.807) is 0 Å². The van der Waals surface area contributed by atoms with Gasteiger partial charge in [-0.15, -0.1) is 10.2 Å². The minimum atomic E-state index is 0.0580. The highest BCUT2D eigenvalue weighted by Crippen LogP contribution is 2.32. The van der Waals surface area contributed by atoms with Gasteiger partial charge in [0.2, 0.25) is 5.91 Å². The molecule has 0 aliphatic carbocycles. The second kappa shape index (κ2) is 12.0. The largest absolute Gasteiger partial charge is 0.336 e. The molecule has 4 rings (SSSR count). The van der Waals surface area contributed by atoms with E-state index >= 15 is 0 Å². The van der Waals surface area contributed by atoms with Crippen molar-refractivity contribution in [2.75, 3.05) is 32.9 Å². The first kappa shape index (κ1) is 25.0. The van der Waals surface area contributed by atoms with Crippen LogP contribution in [0.1, 0.15) is 5.56 Å². The second-order valence-electron chi connectivity index (χ2n) is 8.35. The van der Waals surface area contributed by atoms with Gasteiger partial charge in [-0.25, -0.2) is 0 Å². The van der Waals surface area contributed by atoms with Gasteiger partial charge >= 0.3 is 0 Å². The molecule has 3 aromatic carbocycles. The van der Waals surface area contributed by atoms with Crippen molar-refractivity contribution in [1.29, 1.82) is 0 Å². The predicted molar refractivity (Wildman–Crippen MR) is 143 cm³/mol. The summed E-state index contributed by atoms with van der Waals surface area (Å²) in [6, 6.07) is 27.5. The van der Waals surface area contributed by atoms with E-state index < -0.39 is 0 Å². The van der Waals surface area contributed by atoms with E-state index in [9.17, 15) is 4.79 Å². The smallest absolute Gasteiger partial charge is 0.233 e. The number of amides is 1. The van der Waals surface area contributed by atoms with E-state index in [4.69, 9.17) is 11.6 Å². The van der Waals surface area contributed by atoms with Crippen molar-refractivity contribution in [2.45, 2.75) is 11.7 Å². The van der Waals surface area contributed by atoms with Crippen LogP contribution >= 0.6 is 23.4 Å². The van der Waals surface area contributed by atoms with Crippen LogP contribution < -0.4 is 0 Å². The Labute approximate surface area is 215 Å². The van der Waals surface area contributed by atoms with Crippen LogP contribution in [0, 0.1) is 0 Å². The Balaban J connectivity index is 1.58. The predicted octanol–water partition coefficient (Wildman–Crippen LogP) is 5.27. The average Bonchev–Trinajstić information content (AvgIpc) is 3.30. The maximum absolute atomic E-state index is 13.3. The molecule has 0 unspecified atom stereocenters. The summed E-state index contributed by atoms with van der Waals surface area (Å²) in [5.74, 6) is 0.960. The lowest BCUT2D eigenvalue weighted by molar-refractivity contribution is -0.129. The summed E-state index contributed by atoms with van der Waals surface area (Å²) in [4.78, 5) is 17.3. The Kier molecular flexibility index (Phi) is 8.58. The molecule has 1 aromatic heterocycles. The van der Waals surface area contributed by atoms with Gasteiger partial charge in [-0.2, -0.15) is 0 Å². The van der Waals surface area contributed by atoms with E-state index in [2.05, 4.69) is 15.1 Å². The minimum Gasteiger partial charge on any atom is -0.336 e. The van der Waals surface area contributed by atoms with Gasteiger partial charge < -0.3 is 9.80 Å². The highest BCUT2D eigenvalue weighted by molar-refractivity contribution is 7.99. The molecule has 1 heterocycles. The summed E-state index contributed by atoms with van der Waals surface area (Å²) in [5.41, 5.74) is 2.81. The van der Waals surface area contributed by atoms with Crippen LogP contribution in [0.15, 0.2) is 90.1 Å². The number of halogens is 1. The van der Waals surface area contributed by atoms with Gasteiger partial charge in [-0.05, 0) is 43.9 Å². The van der Waals surface area contributed by atoms with Crippen LogP contribution in [0.25, 0.3) is 17.1 Å². The van der Waals surface area contributed by atoms with Crippen LogP contribution in [0.3, 0.4) is 0 Å². The standard InChI is InChI=1S/C27H28ClN5OS/c1-31(2)17-18-32(19-21-11-5-3-6-12-21)25(34)20-35-27-30-29-26(23-15-9-10-16-24(23)28)33(27)22-13-7-4-8-14-22/h3-16H,17-20H2,1-2H3. The molecule has 1 amide bonds. The first-order valence-electron chi connectivity index (χ1n) is 11.4. The van der Waals surface area contributed by atoms with Crippen molar-refractivity contribution in [3.8, 4) is 17.1 Å². The molecule has 8 heteroatoms. The molecule has 0 radical (unpaired) electrons. The highest BCUT2D eigenvalue weighted by atomic mass is 35.5. The van der Waals surface area contributed by atoms with Gasteiger partial charge in [0.15, 0.2) is 11.0 Å². The molecule has 0 N–H and O–H groups in total. The van der Waals surface area contributed by atoms with Crippen LogP contribution in [-0.4, -0.2) is 63.4 Å². The lowest BCUT2D eigenvalue weighted by Crippen LogP contribution is -2.37. The topological polar surface area (TPSA) is 54.3 Å². The number of rotatable bonds is 10. The zero-order chi connectivity index (χ0) is 24.6. The lowest BCUT2D eigenvalue weighted by Gasteiger charge is -2.24. The summed E-state index contributed by atoms with van der Waals surface area (Å²) >= 11 is 7.87. The SMILES string of the molecule is CN(C)CCN(Cc1ccccc1)C(=O)CSc1nnc(-c2ccccc2Cl)n1-c1ccccc1. The van der Waals surface area contributed by atoms with Crippen LogP contribution in [0.2, 0.25) is 5.02 Å². The van der Waals surface area contributed by atoms with Gasteiger partial charge in [-0.1, -0.05) is 84.0 Å². The van der Waals surface area contributed by atoms with Gasteiger partial charge in [0.1, 0.15) is 0 Å². The van der Waals surface area contributed by atoms with Crippen LogP contribution in [-0.2, 0) is 11.3 Å². The van der Waals surface area contributed by atoms with Crippen molar-refractivity contribution in [1.82, 2.24) is 24.6 Å². The number of nitrogens with zero attached hydrogens (tertiary/aromatic N) is 5. The Morgan fingerprint density at radius 3 is 2.23 bits per heavy atom. The van der Waals surface area contributed by atoms with Gasteiger partial charge in [0.05, 0.1) is 10.8 Å². The Hall–Kier alpha value is -3.13. The normalized spacial score (nSPS) is 11.1. The fraction of sp³-hybridized carbons (Fsp3) is 0.222. The fourth-order valence-electron chi connectivity index (χ4n) is 3.62. The molecule has 0 aliphatic heterocycles. The zero-order valence-electron chi connectivity index (χ0n) is 19.8. The van der Waals surface area contributed by atoms with Gasteiger partial charge in [0.25, 0.3) is 0 Å². The molecule has 6 nitrogen and oxygen atoms in total. The second-order valence-corrected chi connectivity index (χ2v) is 9.70.